The van der Waals surface area contributed by atoms with Crippen molar-refractivity contribution in [2.24, 2.45) is 0 Å². The lowest BCUT2D eigenvalue weighted by atomic mass is 10.1. The molecule has 0 unspecified atom stereocenters. The third kappa shape index (κ3) is 2.93. The van der Waals surface area contributed by atoms with E-state index in [2.05, 4.69) is 13.8 Å². The van der Waals surface area contributed by atoms with Crippen LogP contribution >= 0.6 is 23.4 Å². The average Bonchev–Trinajstić information content (AvgIpc) is 2.27. The molecule has 0 aliphatic carbocycles. The third-order valence-corrected chi connectivity index (χ3v) is 4.49. The maximum atomic E-state index is 12.4. The Morgan fingerprint density at radius 1 is 1.50 bits per heavy atom. The van der Waals surface area contributed by atoms with Crippen LogP contribution in [-0.2, 0) is 0 Å². The van der Waals surface area contributed by atoms with E-state index in [1.807, 2.05) is 16.7 Å². The van der Waals surface area contributed by atoms with E-state index < -0.39 is 0 Å². The molecule has 18 heavy (non-hydrogen) atoms. The van der Waals surface area contributed by atoms with E-state index in [-0.39, 0.29) is 10.7 Å². The number of carbonyl (C=O) groups is 1. The zero-order chi connectivity index (χ0) is 13.3. The van der Waals surface area contributed by atoms with Crippen LogP contribution in [0.1, 0.15) is 24.2 Å². The minimum atomic E-state index is -0.00228. The van der Waals surface area contributed by atoms with Gasteiger partial charge in [-0.15, -0.1) is 0 Å². The fourth-order valence-electron chi connectivity index (χ4n) is 2.09. The molecule has 1 aromatic carbocycles. The number of hydrogen-bond donors (Lipinski definition) is 1. The summed E-state index contributed by atoms with van der Waals surface area (Å²) >= 11 is 7.74. The van der Waals surface area contributed by atoms with Crippen LogP contribution in [-0.4, -0.2) is 34.4 Å². The predicted molar refractivity (Wildman–Crippen MR) is 78.3 cm³/mol. The molecule has 98 valence electrons. The molecule has 0 bridgehead atoms. The van der Waals surface area contributed by atoms with Crippen molar-refractivity contribution in [2.45, 2.75) is 18.6 Å². The van der Waals surface area contributed by atoms with Gasteiger partial charge in [0.25, 0.3) is 5.91 Å². The highest BCUT2D eigenvalue weighted by Gasteiger charge is 2.30. The first-order valence-corrected chi connectivity index (χ1v) is 7.24. The maximum Gasteiger partial charge on any atom is 0.256 e. The Hall–Kier alpha value is -0.870. The van der Waals surface area contributed by atoms with Crippen molar-refractivity contribution < 1.29 is 4.79 Å². The average molecular weight is 285 g/mol. The summed E-state index contributed by atoms with van der Waals surface area (Å²) in [6.07, 6.45) is 0. The molecule has 3 nitrogen and oxygen atoms in total. The van der Waals surface area contributed by atoms with Crippen LogP contribution in [0.25, 0.3) is 0 Å². The van der Waals surface area contributed by atoms with E-state index in [9.17, 15) is 4.79 Å². The Morgan fingerprint density at radius 2 is 2.22 bits per heavy atom. The van der Waals surface area contributed by atoms with Gasteiger partial charge in [0.15, 0.2) is 0 Å². The van der Waals surface area contributed by atoms with Gasteiger partial charge in [0.1, 0.15) is 0 Å². The lowest BCUT2D eigenvalue weighted by Crippen LogP contribution is -2.46. The first kappa shape index (κ1) is 13.6. The molecule has 0 aromatic heterocycles. The van der Waals surface area contributed by atoms with Crippen molar-refractivity contribution in [1.29, 1.82) is 0 Å². The number of nitrogens with zero attached hydrogens (tertiary/aromatic N) is 1. The molecule has 1 aliphatic rings. The van der Waals surface area contributed by atoms with E-state index in [1.165, 1.54) is 0 Å². The van der Waals surface area contributed by atoms with Gasteiger partial charge in [0.05, 0.1) is 5.56 Å². The highest BCUT2D eigenvalue weighted by molar-refractivity contribution is 8.00. The van der Waals surface area contributed by atoms with Crippen LogP contribution in [0.2, 0.25) is 5.02 Å². The largest absolute Gasteiger partial charge is 0.398 e. The first-order chi connectivity index (χ1) is 8.39. The van der Waals surface area contributed by atoms with Crippen LogP contribution < -0.4 is 5.73 Å². The number of nitrogens with two attached hydrogens (primary N) is 1. The smallest absolute Gasteiger partial charge is 0.256 e. The summed E-state index contributed by atoms with van der Waals surface area (Å²) in [5.41, 5.74) is 6.85. The molecule has 0 saturated carbocycles. The quantitative estimate of drug-likeness (QED) is 0.807. The Labute approximate surface area is 117 Å². The van der Waals surface area contributed by atoms with Crippen LogP contribution in [0.15, 0.2) is 18.2 Å². The Balaban J connectivity index is 2.20. The summed E-state index contributed by atoms with van der Waals surface area (Å²) < 4.78 is 0.106. The summed E-state index contributed by atoms with van der Waals surface area (Å²) in [5, 5.41) is 0.554. The molecular formula is C13H17ClN2OS. The normalized spacial score (nSPS) is 18.7. The minimum Gasteiger partial charge on any atom is -0.398 e. The molecule has 0 radical (unpaired) electrons. The fraction of sp³-hybridized carbons (Fsp3) is 0.462. The molecule has 0 atom stereocenters. The van der Waals surface area contributed by atoms with E-state index in [0.29, 0.717) is 16.3 Å². The maximum absolute atomic E-state index is 12.4. The fourth-order valence-corrected chi connectivity index (χ4v) is 3.38. The van der Waals surface area contributed by atoms with Crippen molar-refractivity contribution in [3.8, 4) is 0 Å². The molecule has 1 amide bonds. The molecule has 1 aromatic rings. The van der Waals surface area contributed by atoms with Crippen LogP contribution in [0.5, 0.6) is 0 Å². The third-order valence-electron chi connectivity index (χ3n) is 2.96. The van der Waals surface area contributed by atoms with Crippen molar-refractivity contribution in [3.05, 3.63) is 28.8 Å². The van der Waals surface area contributed by atoms with Gasteiger partial charge in [0.2, 0.25) is 0 Å². The van der Waals surface area contributed by atoms with Crippen LogP contribution in [0.4, 0.5) is 5.69 Å². The molecule has 2 rings (SSSR count). The number of rotatable bonds is 1. The number of nitrogen functional groups attached to an aromatic ring is 1. The number of anilines is 1. The van der Waals surface area contributed by atoms with Crippen LogP contribution in [0, 0.1) is 0 Å². The summed E-state index contributed by atoms with van der Waals surface area (Å²) in [6.45, 7) is 5.83. The molecule has 1 heterocycles. The second-order valence-corrected chi connectivity index (χ2v) is 7.30. The van der Waals surface area contributed by atoms with Crippen LogP contribution in [0.3, 0.4) is 0 Å². The van der Waals surface area contributed by atoms with Gasteiger partial charge in [-0.3, -0.25) is 4.79 Å². The number of thioether (sulfide) groups is 1. The van der Waals surface area contributed by atoms with E-state index in [4.69, 9.17) is 17.3 Å². The first-order valence-electron chi connectivity index (χ1n) is 5.87. The predicted octanol–water partition coefficient (Wildman–Crippen LogP) is 2.89. The molecule has 1 aliphatic heterocycles. The Bertz CT molecular complexity index is 476. The van der Waals surface area contributed by atoms with Crippen molar-refractivity contribution in [2.75, 3.05) is 24.6 Å². The van der Waals surface area contributed by atoms with Gasteiger partial charge in [-0.05, 0) is 32.0 Å². The monoisotopic (exact) mass is 284 g/mol. The summed E-state index contributed by atoms with van der Waals surface area (Å²) in [6, 6.07) is 5.03. The van der Waals surface area contributed by atoms with Gasteiger partial charge in [-0.25, -0.2) is 0 Å². The molecule has 1 fully saturated rings. The van der Waals surface area contributed by atoms with Gasteiger partial charge < -0.3 is 10.6 Å². The van der Waals surface area contributed by atoms with E-state index in [1.54, 1.807) is 18.2 Å². The molecule has 5 heteroatoms. The summed E-state index contributed by atoms with van der Waals surface area (Å²) in [7, 11) is 0. The zero-order valence-corrected chi connectivity index (χ0v) is 12.1. The van der Waals surface area contributed by atoms with Gasteiger partial charge in [-0.2, -0.15) is 11.8 Å². The highest BCUT2D eigenvalue weighted by atomic mass is 35.5. The number of amides is 1. The second-order valence-electron chi connectivity index (χ2n) is 5.07. The molecule has 0 spiro atoms. The van der Waals surface area contributed by atoms with E-state index in [0.717, 1.165) is 18.8 Å². The molecule has 1 saturated heterocycles. The summed E-state index contributed by atoms with van der Waals surface area (Å²) in [5.74, 6) is 0.962. The Kier molecular flexibility index (Phi) is 3.78. The SMILES string of the molecule is CC1(C)CN(C(=O)c2ccc(Cl)cc2N)CCS1. The zero-order valence-electron chi connectivity index (χ0n) is 10.6. The lowest BCUT2D eigenvalue weighted by molar-refractivity contribution is 0.0749. The van der Waals surface area contributed by atoms with Crippen molar-refractivity contribution in [1.82, 2.24) is 4.90 Å². The highest BCUT2D eigenvalue weighted by Crippen LogP contribution is 2.31. The van der Waals surface area contributed by atoms with Crippen molar-refractivity contribution >= 4 is 35.0 Å². The van der Waals surface area contributed by atoms with E-state index >= 15 is 0 Å². The Morgan fingerprint density at radius 3 is 2.83 bits per heavy atom. The number of benzene rings is 1. The van der Waals surface area contributed by atoms with Gasteiger partial charge in [-0.1, -0.05) is 11.6 Å². The number of hydrogen-bond acceptors (Lipinski definition) is 3. The minimum absolute atomic E-state index is 0.00228. The number of halogens is 1. The summed E-state index contributed by atoms with van der Waals surface area (Å²) in [4.78, 5) is 14.3. The van der Waals surface area contributed by atoms with Gasteiger partial charge in [0, 0.05) is 34.3 Å². The standard InChI is InChI=1S/C13H17ClN2OS/c1-13(2)8-16(5-6-18-13)12(17)10-4-3-9(14)7-11(10)15/h3-4,7H,5-6,8,15H2,1-2H3. The number of carbonyl (C=O) groups excluding carboxylic acids is 1. The second kappa shape index (κ2) is 5.02. The topological polar surface area (TPSA) is 46.3 Å². The molecular weight excluding hydrogens is 268 g/mol. The van der Waals surface area contributed by atoms with Gasteiger partial charge >= 0.3 is 0 Å². The molecule has 2 N–H and O–H groups in total. The van der Waals surface area contributed by atoms with Crippen molar-refractivity contribution in [3.63, 3.8) is 0 Å². The lowest BCUT2D eigenvalue weighted by Gasteiger charge is -2.37.